The fourth-order valence-corrected chi connectivity index (χ4v) is 2.58. The molecule has 1 aliphatic heterocycles. The van der Waals surface area contributed by atoms with Crippen molar-refractivity contribution in [3.05, 3.63) is 65.9 Å². The van der Waals surface area contributed by atoms with Crippen LogP contribution in [0, 0.1) is 0 Å². The van der Waals surface area contributed by atoms with Gasteiger partial charge in [0.05, 0.1) is 12.7 Å². The highest BCUT2D eigenvalue weighted by Gasteiger charge is 2.19. The average molecular weight is 294 g/mol. The first-order valence-electron chi connectivity index (χ1n) is 7.31. The minimum Gasteiger partial charge on any atom is -0.481 e. The predicted octanol–water partition coefficient (Wildman–Crippen LogP) is 3.02. The Bertz CT molecular complexity index is 678. The molecule has 0 bridgehead atoms. The van der Waals surface area contributed by atoms with E-state index in [9.17, 15) is 4.79 Å². The minimum absolute atomic E-state index is 0.0125. The molecule has 112 valence electrons. The number of benzene rings is 1. The van der Waals surface area contributed by atoms with Gasteiger partial charge in [0, 0.05) is 25.4 Å². The molecule has 0 radical (unpaired) electrons. The van der Waals surface area contributed by atoms with Crippen molar-refractivity contribution in [3.8, 4) is 5.88 Å². The van der Waals surface area contributed by atoms with Crippen LogP contribution in [0.1, 0.15) is 22.3 Å². The van der Waals surface area contributed by atoms with Crippen molar-refractivity contribution in [3.63, 3.8) is 0 Å². The van der Waals surface area contributed by atoms with E-state index in [1.165, 1.54) is 11.1 Å². The third-order valence-electron chi connectivity index (χ3n) is 3.83. The largest absolute Gasteiger partial charge is 0.481 e. The van der Waals surface area contributed by atoms with Gasteiger partial charge >= 0.3 is 0 Å². The van der Waals surface area contributed by atoms with Gasteiger partial charge in [-0.2, -0.15) is 0 Å². The summed E-state index contributed by atoms with van der Waals surface area (Å²) < 4.78 is 5.01. The smallest absolute Gasteiger partial charge is 0.255 e. The van der Waals surface area contributed by atoms with Gasteiger partial charge in [0.1, 0.15) is 0 Å². The zero-order valence-electron chi connectivity index (χ0n) is 12.5. The third-order valence-corrected chi connectivity index (χ3v) is 3.83. The highest BCUT2D eigenvalue weighted by atomic mass is 16.5. The number of aromatic nitrogens is 1. The van der Waals surface area contributed by atoms with E-state index in [2.05, 4.69) is 23.2 Å². The number of rotatable bonds is 3. The van der Waals surface area contributed by atoms with E-state index in [0.29, 0.717) is 18.0 Å². The average Bonchev–Trinajstić information content (AvgIpc) is 2.62. The number of carbonyl (C=O) groups is 1. The van der Waals surface area contributed by atoms with Crippen molar-refractivity contribution in [1.82, 2.24) is 9.88 Å². The summed E-state index contributed by atoms with van der Waals surface area (Å²) in [6, 6.07) is 13.8. The molecule has 0 fully saturated rings. The van der Waals surface area contributed by atoms with Gasteiger partial charge in [-0.25, -0.2) is 4.98 Å². The van der Waals surface area contributed by atoms with E-state index in [1.54, 1.807) is 25.4 Å². The van der Waals surface area contributed by atoms with Gasteiger partial charge in [-0.15, -0.1) is 0 Å². The number of nitrogens with zero attached hydrogens (tertiary/aromatic N) is 2. The summed E-state index contributed by atoms with van der Waals surface area (Å²) in [6.45, 7) is 1.36. The second-order valence-electron chi connectivity index (χ2n) is 5.19. The number of methoxy groups -OCH3 is 1. The van der Waals surface area contributed by atoms with Gasteiger partial charge in [-0.05, 0) is 23.6 Å². The SMILES string of the molecule is COc1ccc(C(=O)N2CC=C(c3ccccc3)CC2)cn1. The summed E-state index contributed by atoms with van der Waals surface area (Å²) in [5, 5.41) is 0. The van der Waals surface area contributed by atoms with E-state index >= 15 is 0 Å². The number of hydrogen-bond donors (Lipinski definition) is 0. The van der Waals surface area contributed by atoms with E-state index in [-0.39, 0.29) is 5.91 Å². The van der Waals surface area contributed by atoms with E-state index in [4.69, 9.17) is 4.74 Å². The Morgan fingerprint density at radius 2 is 2.00 bits per heavy atom. The molecule has 0 atom stereocenters. The molecule has 4 nitrogen and oxygen atoms in total. The standard InChI is InChI=1S/C18H18N2O2/c1-22-17-8-7-16(13-19-17)18(21)20-11-9-15(10-12-20)14-5-3-2-4-6-14/h2-9,13H,10-12H2,1H3. The Labute approximate surface area is 130 Å². The van der Waals surface area contributed by atoms with Gasteiger partial charge in [0.25, 0.3) is 5.91 Å². The van der Waals surface area contributed by atoms with Crippen LogP contribution in [0.3, 0.4) is 0 Å². The van der Waals surface area contributed by atoms with Crippen LogP contribution >= 0.6 is 0 Å². The number of amides is 1. The molecule has 2 aromatic rings. The van der Waals surface area contributed by atoms with Crippen molar-refractivity contribution in [2.75, 3.05) is 20.2 Å². The van der Waals surface area contributed by atoms with Crippen LogP contribution in [0.2, 0.25) is 0 Å². The lowest BCUT2D eigenvalue weighted by Crippen LogP contribution is -2.34. The molecule has 1 aromatic carbocycles. The number of ether oxygens (including phenoxy) is 1. The fourth-order valence-electron chi connectivity index (χ4n) is 2.58. The van der Waals surface area contributed by atoms with Gasteiger partial charge in [-0.3, -0.25) is 4.79 Å². The summed E-state index contributed by atoms with van der Waals surface area (Å²) in [4.78, 5) is 18.4. The van der Waals surface area contributed by atoms with Crippen LogP contribution in [0.4, 0.5) is 0 Å². The first-order chi connectivity index (χ1) is 10.8. The van der Waals surface area contributed by atoms with Crippen LogP contribution < -0.4 is 4.74 Å². The normalized spacial score (nSPS) is 14.4. The lowest BCUT2D eigenvalue weighted by atomic mass is 9.99. The Balaban J connectivity index is 1.70. The molecule has 0 saturated heterocycles. The molecule has 4 heteroatoms. The fraction of sp³-hybridized carbons (Fsp3) is 0.222. The molecular weight excluding hydrogens is 276 g/mol. The van der Waals surface area contributed by atoms with E-state index in [0.717, 1.165) is 13.0 Å². The van der Waals surface area contributed by atoms with Gasteiger partial charge in [0.15, 0.2) is 0 Å². The summed E-state index contributed by atoms with van der Waals surface area (Å²) >= 11 is 0. The summed E-state index contributed by atoms with van der Waals surface area (Å²) in [5.41, 5.74) is 3.13. The summed E-state index contributed by atoms with van der Waals surface area (Å²) in [7, 11) is 1.56. The summed E-state index contributed by atoms with van der Waals surface area (Å²) in [6.07, 6.45) is 4.57. The number of pyridine rings is 1. The van der Waals surface area contributed by atoms with Crippen molar-refractivity contribution >= 4 is 11.5 Å². The van der Waals surface area contributed by atoms with Crippen LogP contribution in [0.5, 0.6) is 5.88 Å². The highest BCUT2D eigenvalue weighted by molar-refractivity contribution is 5.94. The molecule has 0 saturated carbocycles. The maximum atomic E-state index is 12.5. The van der Waals surface area contributed by atoms with Crippen LogP contribution in [-0.4, -0.2) is 36.0 Å². The van der Waals surface area contributed by atoms with Crippen molar-refractivity contribution in [2.24, 2.45) is 0 Å². The first kappa shape index (κ1) is 14.3. The van der Waals surface area contributed by atoms with Gasteiger partial charge in [-0.1, -0.05) is 36.4 Å². The molecule has 0 unspecified atom stereocenters. The number of carbonyl (C=O) groups excluding carboxylic acids is 1. The predicted molar refractivity (Wildman–Crippen MR) is 85.7 cm³/mol. The monoisotopic (exact) mass is 294 g/mol. The van der Waals surface area contributed by atoms with Crippen molar-refractivity contribution in [1.29, 1.82) is 0 Å². The quantitative estimate of drug-likeness (QED) is 0.874. The Hall–Kier alpha value is -2.62. The lowest BCUT2D eigenvalue weighted by Gasteiger charge is -2.26. The zero-order chi connectivity index (χ0) is 15.4. The van der Waals surface area contributed by atoms with Crippen molar-refractivity contribution < 1.29 is 9.53 Å². The molecule has 0 aliphatic carbocycles. The Morgan fingerprint density at radius 3 is 2.59 bits per heavy atom. The van der Waals surface area contributed by atoms with Crippen molar-refractivity contribution in [2.45, 2.75) is 6.42 Å². The van der Waals surface area contributed by atoms with Crippen LogP contribution in [0.25, 0.3) is 5.57 Å². The number of hydrogen-bond acceptors (Lipinski definition) is 3. The van der Waals surface area contributed by atoms with Gasteiger partial charge in [0.2, 0.25) is 5.88 Å². The molecule has 1 amide bonds. The second-order valence-corrected chi connectivity index (χ2v) is 5.19. The Morgan fingerprint density at radius 1 is 1.18 bits per heavy atom. The minimum atomic E-state index is 0.0125. The first-order valence-corrected chi connectivity index (χ1v) is 7.31. The molecule has 1 aliphatic rings. The van der Waals surface area contributed by atoms with Crippen LogP contribution in [0.15, 0.2) is 54.7 Å². The lowest BCUT2D eigenvalue weighted by molar-refractivity contribution is 0.0772. The van der Waals surface area contributed by atoms with Crippen LogP contribution in [-0.2, 0) is 0 Å². The molecule has 2 heterocycles. The molecule has 22 heavy (non-hydrogen) atoms. The van der Waals surface area contributed by atoms with E-state index in [1.807, 2.05) is 23.1 Å². The molecule has 3 rings (SSSR count). The summed E-state index contributed by atoms with van der Waals surface area (Å²) in [5.74, 6) is 0.528. The van der Waals surface area contributed by atoms with E-state index < -0.39 is 0 Å². The second kappa shape index (κ2) is 6.43. The zero-order valence-corrected chi connectivity index (χ0v) is 12.5. The molecule has 0 spiro atoms. The maximum Gasteiger partial charge on any atom is 0.255 e. The van der Waals surface area contributed by atoms with Gasteiger partial charge < -0.3 is 9.64 Å². The molecule has 1 aromatic heterocycles. The third kappa shape index (κ3) is 3.01. The maximum absolute atomic E-state index is 12.5. The Kier molecular flexibility index (Phi) is 4.19. The molecular formula is C18H18N2O2. The topological polar surface area (TPSA) is 42.4 Å². The molecule has 0 N–H and O–H groups in total. The highest BCUT2D eigenvalue weighted by Crippen LogP contribution is 2.23.